The monoisotopic (exact) mass is 809 g/mol. The standard InChI is InChI=1S/C41H48ClN11O5/c1-24(25-12-14-52(15-13-25)32-7-5-6-28-36(48-50(4)37(28)32)29-9-11-34(54)46-39(29)56)51-16-18-53(19-17-51)41-44-22-30(42)38(47-41)45-27-8-10-31-26(20-27)21-33(40(57)49(31)3)58-23-35(55)43-2/h5-8,10,20-22,24-25,29H,9,11-19,23H2,1-4H3,(H,43,55)(H,44,45,47)(H,46,54,56)/t24-,29?/m0/s1. The van der Waals surface area contributed by atoms with Gasteiger partial charge in [0.25, 0.3) is 11.5 Å². The van der Waals surface area contributed by atoms with Crippen LogP contribution in [0.3, 0.4) is 0 Å². The number of aryl methyl sites for hydroxylation is 2. The molecule has 2 atom stereocenters. The Morgan fingerprint density at radius 3 is 2.52 bits per heavy atom. The number of rotatable bonds is 10. The van der Waals surface area contributed by atoms with E-state index in [4.69, 9.17) is 26.4 Å². The van der Waals surface area contributed by atoms with E-state index in [1.807, 2.05) is 42.1 Å². The fraction of sp³-hybridized carbons (Fsp3) is 0.439. The van der Waals surface area contributed by atoms with E-state index in [0.717, 1.165) is 79.8 Å². The number of nitrogens with zero attached hydrogens (tertiary/aromatic N) is 8. The van der Waals surface area contributed by atoms with Gasteiger partial charge in [0.05, 0.1) is 34.5 Å². The lowest BCUT2D eigenvalue weighted by Gasteiger charge is -2.43. The molecule has 5 aromatic rings. The largest absolute Gasteiger partial charge is 0.478 e. The van der Waals surface area contributed by atoms with Gasteiger partial charge in [0.15, 0.2) is 18.2 Å². The van der Waals surface area contributed by atoms with E-state index in [0.29, 0.717) is 52.8 Å². The summed E-state index contributed by atoms with van der Waals surface area (Å²) >= 11 is 6.59. The molecule has 0 bridgehead atoms. The van der Waals surface area contributed by atoms with Crippen LogP contribution in [0.5, 0.6) is 5.75 Å². The van der Waals surface area contributed by atoms with Crippen LogP contribution in [0.1, 0.15) is 44.2 Å². The van der Waals surface area contributed by atoms with Crippen molar-refractivity contribution < 1.29 is 19.1 Å². The van der Waals surface area contributed by atoms with Crippen molar-refractivity contribution in [2.75, 3.05) is 68.0 Å². The Balaban J connectivity index is 0.883. The molecule has 3 saturated heterocycles. The quantitative estimate of drug-likeness (QED) is 0.175. The van der Waals surface area contributed by atoms with Gasteiger partial charge in [-0.15, -0.1) is 0 Å². The van der Waals surface area contributed by atoms with E-state index >= 15 is 0 Å². The van der Waals surface area contributed by atoms with E-state index in [-0.39, 0.29) is 35.6 Å². The first kappa shape index (κ1) is 39.1. The zero-order valence-corrected chi connectivity index (χ0v) is 33.9. The predicted octanol–water partition coefficient (Wildman–Crippen LogP) is 3.68. The van der Waals surface area contributed by atoms with Crippen molar-refractivity contribution in [3.8, 4) is 5.75 Å². The first-order valence-electron chi connectivity index (χ1n) is 19.8. The maximum absolute atomic E-state index is 12.8. The summed E-state index contributed by atoms with van der Waals surface area (Å²) in [6.45, 7) is 7.30. The van der Waals surface area contributed by atoms with Crippen LogP contribution >= 0.6 is 11.6 Å². The molecule has 3 aliphatic heterocycles. The van der Waals surface area contributed by atoms with Gasteiger partial charge in [0.2, 0.25) is 17.8 Å². The number of carbonyl (C=O) groups is 3. The summed E-state index contributed by atoms with van der Waals surface area (Å²) in [6, 6.07) is 13.9. The van der Waals surface area contributed by atoms with Gasteiger partial charge >= 0.3 is 0 Å². The molecular formula is C41H48ClN11O5. The molecular weight excluding hydrogens is 762 g/mol. The number of ether oxygens (including phenoxy) is 1. The number of nitrogens with one attached hydrogen (secondary N) is 3. The fourth-order valence-corrected chi connectivity index (χ4v) is 8.78. The summed E-state index contributed by atoms with van der Waals surface area (Å²) in [7, 11) is 5.11. The molecule has 0 spiro atoms. The number of aromatic nitrogens is 5. The third-order valence-electron chi connectivity index (χ3n) is 12.0. The highest BCUT2D eigenvalue weighted by Gasteiger charge is 2.34. The SMILES string of the molecule is CNC(=O)COc1cc2cc(Nc3nc(N4CCN([C@@H](C)C5CCN(c6cccc7c(C8CCC(=O)NC8=O)nn(C)c67)CC5)CC4)ncc3Cl)ccc2n(C)c1=O. The Bertz CT molecular complexity index is 2450. The maximum Gasteiger partial charge on any atom is 0.293 e. The third kappa shape index (κ3) is 7.65. The lowest BCUT2D eigenvalue weighted by atomic mass is 9.88. The van der Waals surface area contributed by atoms with Crippen molar-refractivity contribution in [3.05, 3.63) is 69.7 Å². The number of piperidine rings is 2. The molecule has 3 aliphatic rings. The normalized spacial score (nSPS) is 18.7. The Hall–Kier alpha value is -5.74. The molecule has 17 heteroatoms. The van der Waals surface area contributed by atoms with Crippen molar-refractivity contribution in [1.82, 2.24) is 39.8 Å². The Morgan fingerprint density at radius 1 is 1.00 bits per heavy atom. The van der Waals surface area contributed by atoms with Crippen LogP contribution in [0, 0.1) is 5.92 Å². The minimum absolute atomic E-state index is 0.0825. The number of para-hydroxylation sites is 1. The molecule has 8 rings (SSSR count). The van der Waals surface area contributed by atoms with E-state index in [9.17, 15) is 19.2 Å². The molecule has 16 nitrogen and oxygen atoms in total. The van der Waals surface area contributed by atoms with E-state index < -0.39 is 5.92 Å². The number of carbonyl (C=O) groups excluding carboxylic acids is 3. The Labute approximate surface area is 340 Å². The fourth-order valence-electron chi connectivity index (χ4n) is 8.65. The highest BCUT2D eigenvalue weighted by Crippen LogP contribution is 2.37. The van der Waals surface area contributed by atoms with Crippen LogP contribution in [-0.2, 0) is 28.5 Å². The van der Waals surface area contributed by atoms with Gasteiger partial charge in [-0.2, -0.15) is 10.1 Å². The summed E-state index contributed by atoms with van der Waals surface area (Å²) in [4.78, 5) is 65.7. The molecule has 58 heavy (non-hydrogen) atoms. The molecule has 3 aromatic heterocycles. The number of hydrogen-bond donors (Lipinski definition) is 3. The van der Waals surface area contributed by atoms with Crippen LogP contribution in [0.4, 0.5) is 23.1 Å². The number of halogens is 1. The number of pyridine rings is 1. The average Bonchev–Trinajstić information content (AvgIpc) is 3.57. The molecule has 0 aliphatic carbocycles. The first-order chi connectivity index (χ1) is 28.0. The van der Waals surface area contributed by atoms with Crippen LogP contribution in [0.2, 0.25) is 5.02 Å². The lowest BCUT2D eigenvalue weighted by molar-refractivity contribution is -0.134. The number of piperazine rings is 1. The molecule has 0 saturated carbocycles. The van der Waals surface area contributed by atoms with Crippen molar-refractivity contribution in [2.45, 2.75) is 44.6 Å². The average molecular weight is 810 g/mol. The Kier molecular flexibility index (Phi) is 11.0. The number of benzene rings is 2. The topological polar surface area (TPSA) is 172 Å². The number of amides is 3. The van der Waals surface area contributed by atoms with Crippen molar-refractivity contribution >= 4 is 74.3 Å². The van der Waals surface area contributed by atoms with E-state index in [2.05, 4.69) is 48.6 Å². The number of anilines is 4. The van der Waals surface area contributed by atoms with Gasteiger partial charge in [-0.25, -0.2) is 4.98 Å². The van der Waals surface area contributed by atoms with Crippen LogP contribution in [0.15, 0.2) is 53.5 Å². The summed E-state index contributed by atoms with van der Waals surface area (Å²) in [5, 5.41) is 15.2. The molecule has 0 radical (unpaired) electrons. The van der Waals surface area contributed by atoms with Crippen LogP contribution in [0.25, 0.3) is 21.8 Å². The molecule has 2 aromatic carbocycles. The van der Waals surface area contributed by atoms with Crippen molar-refractivity contribution in [3.63, 3.8) is 0 Å². The van der Waals surface area contributed by atoms with Gasteiger partial charge in [-0.05, 0) is 62.4 Å². The second-order valence-corrected chi connectivity index (χ2v) is 15.8. The van der Waals surface area contributed by atoms with E-state index in [1.54, 1.807) is 19.3 Å². The second-order valence-electron chi connectivity index (χ2n) is 15.4. The summed E-state index contributed by atoms with van der Waals surface area (Å²) in [6.07, 6.45) is 4.56. The van der Waals surface area contributed by atoms with Crippen LogP contribution in [-0.4, -0.2) is 106 Å². The summed E-state index contributed by atoms with van der Waals surface area (Å²) in [5.41, 5.74) is 3.99. The number of fused-ring (bicyclic) bond motifs is 2. The highest BCUT2D eigenvalue weighted by molar-refractivity contribution is 6.33. The van der Waals surface area contributed by atoms with Crippen molar-refractivity contribution in [2.24, 2.45) is 20.0 Å². The molecule has 3 N–H and O–H groups in total. The molecule has 6 heterocycles. The van der Waals surface area contributed by atoms with Gasteiger partial charge < -0.3 is 29.7 Å². The Morgan fingerprint density at radius 2 is 1.78 bits per heavy atom. The smallest absolute Gasteiger partial charge is 0.293 e. The number of likely N-dealkylation sites (N-methyl/N-ethyl adjacent to an activating group) is 1. The van der Waals surface area contributed by atoms with Gasteiger partial charge in [0.1, 0.15) is 5.02 Å². The summed E-state index contributed by atoms with van der Waals surface area (Å²) < 4.78 is 8.90. The molecule has 3 fully saturated rings. The molecule has 3 amide bonds. The summed E-state index contributed by atoms with van der Waals surface area (Å²) in [5.74, 6) is 0.465. The number of hydrogen-bond acceptors (Lipinski definition) is 12. The predicted molar refractivity (Wildman–Crippen MR) is 223 cm³/mol. The lowest BCUT2D eigenvalue weighted by Crippen LogP contribution is -2.53. The van der Waals surface area contributed by atoms with E-state index in [1.165, 1.54) is 11.6 Å². The van der Waals surface area contributed by atoms with Crippen molar-refractivity contribution in [1.29, 1.82) is 0 Å². The number of imide groups is 1. The van der Waals surface area contributed by atoms with Gasteiger partial charge in [-0.3, -0.25) is 34.1 Å². The minimum Gasteiger partial charge on any atom is -0.478 e. The molecule has 1 unspecified atom stereocenters. The second kappa shape index (κ2) is 16.3. The van der Waals surface area contributed by atoms with Crippen LogP contribution < -0.4 is 36.0 Å². The minimum atomic E-state index is -0.427. The maximum atomic E-state index is 12.8. The van der Waals surface area contributed by atoms with Gasteiger partial charge in [0, 0.05) is 89.3 Å². The zero-order valence-electron chi connectivity index (χ0n) is 33.1. The van der Waals surface area contributed by atoms with Gasteiger partial charge in [-0.1, -0.05) is 23.7 Å². The third-order valence-corrected chi connectivity index (χ3v) is 12.3. The zero-order chi connectivity index (χ0) is 40.7. The first-order valence-corrected chi connectivity index (χ1v) is 20.2. The highest BCUT2D eigenvalue weighted by atomic mass is 35.5. The molecule has 304 valence electrons.